The maximum Gasteiger partial charge on any atom is 0.429 e. The minimum atomic E-state index is -4.72. The van der Waals surface area contributed by atoms with Gasteiger partial charge in [0.15, 0.2) is 0 Å². The molecule has 2 aromatic heterocycles. The zero-order valence-electron chi connectivity index (χ0n) is 24.1. The molecule has 0 amide bonds. The van der Waals surface area contributed by atoms with E-state index in [4.69, 9.17) is 10.5 Å². The van der Waals surface area contributed by atoms with Crippen molar-refractivity contribution < 1.29 is 27.8 Å². The molecule has 4 heterocycles. The highest BCUT2D eigenvalue weighted by atomic mass is 19.4. The summed E-state index contributed by atoms with van der Waals surface area (Å²) in [5.41, 5.74) is 7.33. The van der Waals surface area contributed by atoms with E-state index in [1.165, 1.54) is 18.2 Å². The number of nitrogens with two attached hydrogens (primary N) is 1. The number of ether oxygens (including phenoxy) is 1. The Hall–Kier alpha value is -4.45. The topological polar surface area (TPSA) is 126 Å². The number of hydrogen-bond donors (Lipinski definition) is 3. The van der Waals surface area contributed by atoms with Crippen molar-refractivity contribution in [3.63, 3.8) is 0 Å². The lowest BCUT2D eigenvalue weighted by molar-refractivity contribution is -0.198. The zero-order chi connectivity index (χ0) is 31.1. The van der Waals surface area contributed by atoms with Gasteiger partial charge in [-0.05, 0) is 59.7 Å². The Morgan fingerprint density at radius 2 is 1.82 bits per heavy atom. The maximum absolute atomic E-state index is 14.3. The summed E-state index contributed by atoms with van der Waals surface area (Å²) in [6.07, 6.45) is -0.762. The fourth-order valence-corrected chi connectivity index (χ4v) is 6.68. The third kappa shape index (κ3) is 5.86. The molecule has 2 saturated heterocycles. The number of aromatic nitrogens is 3. The molecule has 2 fully saturated rings. The Morgan fingerprint density at radius 1 is 1.09 bits per heavy atom. The van der Waals surface area contributed by atoms with Crippen molar-refractivity contribution in [2.24, 2.45) is 5.41 Å². The molecule has 2 aromatic carbocycles. The van der Waals surface area contributed by atoms with Crippen LogP contribution in [0, 0.1) is 5.41 Å². The third-order valence-electron chi connectivity index (χ3n) is 8.97. The molecule has 6 rings (SSSR count). The summed E-state index contributed by atoms with van der Waals surface area (Å²) >= 11 is 0. The highest BCUT2D eigenvalue weighted by Crippen LogP contribution is 2.46. The van der Waals surface area contributed by atoms with Gasteiger partial charge in [0, 0.05) is 48.5 Å². The molecule has 0 radical (unpaired) electrons. The van der Waals surface area contributed by atoms with Crippen LogP contribution in [0.1, 0.15) is 44.3 Å². The van der Waals surface area contributed by atoms with E-state index in [-0.39, 0.29) is 28.8 Å². The Kier molecular flexibility index (Phi) is 7.79. The molecule has 0 bridgehead atoms. The van der Waals surface area contributed by atoms with Crippen LogP contribution in [-0.2, 0) is 4.79 Å². The summed E-state index contributed by atoms with van der Waals surface area (Å²) < 4.78 is 48.4. The van der Waals surface area contributed by atoms with E-state index < -0.39 is 24.3 Å². The number of rotatable bonds is 7. The monoisotopic (exact) mass is 606 g/mol. The first-order valence-electron chi connectivity index (χ1n) is 14.6. The number of carbonyl (C=O) groups is 1. The van der Waals surface area contributed by atoms with E-state index >= 15 is 0 Å². The molecule has 4 aromatic rings. The minimum absolute atomic E-state index is 0.0720. The smallest absolute Gasteiger partial charge is 0.429 e. The standard InChI is InChI=1S/C32H33F3N6O3/c1-2-25-31(17-24(38-25)29(42)43)10-13-41(14-11-31)26-16-27(40-30(36)39-26)44-28(32(33,34)35)20-5-3-19(4-6-20)21-7-8-23-18-37-12-9-22(23)15-21/h3-9,12,15-16,18,24-25,28,38H,2,10-11,13-14,17H2,1H3,(H,42,43)(H2,36,39,40)/t24?,25?,28-/m1/s1. The van der Waals surface area contributed by atoms with E-state index in [9.17, 15) is 23.1 Å². The van der Waals surface area contributed by atoms with Crippen molar-refractivity contribution in [1.29, 1.82) is 0 Å². The van der Waals surface area contributed by atoms with Crippen molar-refractivity contribution >= 4 is 28.5 Å². The number of benzene rings is 2. The number of fused-ring (bicyclic) bond motifs is 1. The van der Waals surface area contributed by atoms with E-state index in [2.05, 4.69) is 20.3 Å². The molecular formula is C32H33F3N6O3. The fraction of sp³-hybridized carbons (Fsp3) is 0.375. The maximum atomic E-state index is 14.3. The largest absolute Gasteiger partial charge is 0.480 e. The number of nitrogens with zero attached hydrogens (tertiary/aromatic N) is 4. The van der Waals surface area contributed by atoms with Gasteiger partial charge >= 0.3 is 12.1 Å². The van der Waals surface area contributed by atoms with Crippen LogP contribution in [0.25, 0.3) is 21.9 Å². The Morgan fingerprint density at radius 3 is 2.50 bits per heavy atom. The fourth-order valence-electron chi connectivity index (χ4n) is 6.68. The number of carboxylic acids is 1. The normalized spacial score (nSPS) is 20.6. The molecule has 9 nitrogen and oxygen atoms in total. The van der Waals surface area contributed by atoms with Crippen LogP contribution in [0.15, 0.2) is 67.0 Å². The number of hydrogen-bond acceptors (Lipinski definition) is 8. The van der Waals surface area contributed by atoms with Gasteiger partial charge in [-0.3, -0.25) is 9.78 Å². The Labute approximate surface area is 252 Å². The number of halogens is 3. The molecule has 3 atom stereocenters. The van der Waals surface area contributed by atoms with Crippen LogP contribution in [0.2, 0.25) is 0 Å². The average Bonchev–Trinajstić information content (AvgIpc) is 3.37. The Bertz CT molecular complexity index is 1660. The van der Waals surface area contributed by atoms with Crippen molar-refractivity contribution in [2.75, 3.05) is 23.7 Å². The van der Waals surface area contributed by atoms with Gasteiger partial charge in [-0.25, -0.2) is 0 Å². The lowest BCUT2D eigenvalue weighted by Crippen LogP contribution is -2.46. The summed E-state index contributed by atoms with van der Waals surface area (Å²) in [7, 11) is 0. The zero-order valence-corrected chi connectivity index (χ0v) is 24.1. The lowest BCUT2D eigenvalue weighted by Gasteiger charge is -2.43. The van der Waals surface area contributed by atoms with Crippen LogP contribution in [-0.4, -0.2) is 57.4 Å². The van der Waals surface area contributed by atoms with Crippen LogP contribution in [0.4, 0.5) is 24.9 Å². The average molecular weight is 607 g/mol. The summed E-state index contributed by atoms with van der Waals surface area (Å²) in [6, 6.07) is 14.6. The van der Waals surface area contributed by atoms with Crippen molar-refractivity contribution in [1.82, 2.24) is 20.3 Å². The van der Waals surface area contributed by atoms with Crippen LogP contribution in [0.5, 0.6) is 5.88 Å². The molecule has 2 aliphatic rings. The predicted octanol–water partition coefficient (Wildman–Crippen LogP) is 5.77. The SMILES string of the molecule is CCC1NC(C(=O)O)CC12CCN(c1cc(O[C@H](c3ccc(-c4ccc5cnccc5c4)cc3)C(F)(F)F)nc(N)n1)CC2. The second-order valence-corrected chi connectivity index (χ2v) is 11.6. The van der Waals surface area contributed by atoms with Crippen LogP contribution < -0.4 is 20.7 Å². The molecule has 44 heavy (non-hydrogen) atoms. The first kappa shape index (κ1) is 29.6. The van der Waals surface area contributed by atoms with E-state index in [1.807, 2.05) is 36.1 Å². The van der Waals surface area contributed by atoms with Gasteiger partial charge < -0.3 is 25.8 Å². The Balaban J connectivity index is 1.20. The number of nitrogen functional groups attached to an aromatic ring is 1. The number of piperidine rings is 1. The molecule has 0 saturated carbocycles. The van der Waals surface area contributed by atoms with Crippen molar-refractivity contribution in [3.8, 4) is 17.0 Å². The van der Waals surface area contributed by atoms with Gasteiger partial charge in [-0.2, -0.15) is 23.1 Å². The number of carboxylic acid groups (broad SMARTS) is 1. The number of nitrogens with one attached hydrogen (secondary N) is 1. The highest BCUT2D eigenvalue weighted by Gasteiger charge is 2.50. The molecule has 2 aliphatic heterocycles. The lowest BCUT2D eigenvalue weighted by atomic mass is 9.71. The van der Waals surface area contributed by atoms with Crippen LogP contribution in [0.3, 0.4) is 0 Å². The summed E-state index contributed by atoms with van der Waals surface area (Å²) in [5.74, 6) is -0.949. The second kappa shape index (κ2) is 11.6. The summed E-state index contributed by atoms with van der Waals surface area (Å²) in [4.78, 5) is 25.9. The van der Waals surface area contributed by atoms with Gasteiger partial charge in [0.2, 0.25) is 17.9 Å². The van der Waals surface area contributed by atoms with Crippen molar-refractivity contribution in [3.05, 3.63) is 72.6 Å². The number of alkyl halides is 3. The van der Waals surface area contributed by atoms with E-state index in [1.54, 1.807) is 24.5 Å². The molecule has 12 heteroatoms. The van der Waals surface area contributed by atoms with Gasteiger partial charge in [-0.1, -0.05) is 43.3 Å². The van der Waals surface area contributed by atoms with Gasteiger partial charge in [0.1, 0.15) is 11.9 Å². The number of anilines is 2. The van der Waals surface area contributed by atoms with Gasteiger partial charge in [0.25, 0.3) is 0 Å². The van der Waals surface area contributed by atoms with E-state index in [0.29, 0.717) is 38.2 Å². The second-order valence-electron chi connectivity index (χ2n) is 11.6. The first-order valence-corrected chi connectivity index (χ1v) is 14.6. The highest BCUT2D eigenvalue weighted by molar-refractivity contribution is 5.86. The summed E-state index contributed by atoms with van der Waals surface area (Å²) in [6.45, 7) is 3.14. The summed E-state index contributed by atoms with van der Waals surface area (Å²) in [5, 5.41) is 14.7. The molecule has 230 valence electrons. The minimum Gasteiger partial charge on any atom is -0.480 e. The molecule has 0 aliphatic carbocycles. The first-order chi connectivity index (χ1) is 21.0. The predicted molar refractivity (Wildman–Crippen MR) is 160 cm³/mol. The molecular weight excluding hydrogens is 573 g/mol. The quantitative estimate of drug-likeness (QED) is 0.240. The number of pyridine rings is 1. The molecule has 1 spiro atoms. The molecule has 4 N–H and O–H groups in total. The van der Waals surface area contributed by atoms with Gasteiger partial charge in [-0.15, -0.1) is 0 Å². The molecule has 2 unspecified atom stereocenters. The third-order valence-corrected chi connectivity index (χ3v) is 8.97. The van der Waals surface area contributed by atoms with E-state index in [0.717, 1.165) is 28.3 Å². The number of aliphatic carboxylic acids is 1. The van der Waals surface area contributed by atoms with Crippen LogP contribution >= 0.6 is 0 Å². The van der Waals surface area contributed by atoms with Gasteiger partial charge in [0.05, 0.1) is 0 Å². The van der Waals surface area contributed by atoms with Crippen molar-refractivity contribution in [2.45, 2.75) is 57.0 Å².